The van der Waals surface area contributed by atoms with Gasteiger partial charge in [0.1, 0.15) is 0 Å². The number of fused-ring (bicyclic) bond motifs is 1. The molecule has 0 aliphatic heterocycles. The number of hydrogen-bond donors (Lipinski definition) is 0. The van der Waals surface area contributed by atoms with E-state index in [4.69, 9.17) is 0 Å². The summed E-state index contributed by atoms with van der Waals surface area (Å²) in [7, 11) is -5.66. The molecule has 7 heteroatoms. The maximum atomic E-state index is 12.3. The summed E-state index contributed by atoms with van der Waals surface area (Å²) in [5, 5.41) is 0.913. The minimum atomic E-state index is -5.66. The summed E-state index contributed by atoms with van der Waals surface area (Å²) < 4.78 is 63.2. The van der Waals surface area contributed by atoms with Crippen LogP contribution in [0.5, 0.6) is 5.75 Å². The van der Waals surface area contributed by atoms with Crippen molar-refractivity contribution in [2.75, 3.05) is 0 Å². The molecule has 0 saturated heterocycles. The predicted molar refractivity (Wildman–Crippen MR) is 64.3 cm³/mol. The highest BCUT2D eigenvalue weighted by molar-refractivity contribution is 7.88. The van der Waals surface area contributed by atoms with Gasteiger partial charge in [0.2, 0.25) is 0 Å². The summed E-state index contributed by atoms with van der Waals surface area (Å²) in [6.45, 7) is 1.64. The Bertz CT molecular complexity index is 721. The molecule has 3 nitrogen and oxygen atoms in total. The summed E-state index contributed by atoms with van der Waals surface area (Å²) in [4.78, 5) is 0. The third-order valence-electron chi connectivity index (χ3n) is 2.45. The summed E-state index contributed by atoms with van der Waals surface area (Å²) in [6.07, 6.45) is 0. The highest BCUT2D eigenvalue weighted by Gasteiger charge is 2.48. The summed E-state index contributed by atoms with van der Waals surface area (Å²) >= 11 is 0. The lowest BCUT2D eigenvalue weighted by atomic mass is 10.1. The van der Waals surface area contributed by atoms with Crippen LogP contribution in [0, 0.1) is 6.92 Å². The molecule has 0 amide bonds. The molecule has 0 unspecified atom stereocenters. The maximum Gasteiger partial charge on any atom is 0.534 e. The van der Waals surface area contributed by atoms with Crippen LogP contribution in [0.15, 0.2) is 36.4 Å². The van der Waals surface area contributed by atoms with Crippen LogP contribution in [0.25, 0.3) is 10.8 Å². The Balaban J connectivity index is 2.58. The van der Waals surface area contributed by atoms with Crippen molar-refractivity contribution in [1.29, 1.82) is 0 Å². The molecule has 102 valence electrons. The van der Waals surface area contributed by atoms with Crippen LogP contribution >= 0.6 is 0 Å². The SMILES string of the molecule is Cc1cc(OS(=O)(=O)C(F)(F)F)c2ccccc2c1. The summed E-state index contributed by atoms with van der Waals surface area (Å²) in [5.74, 6) is -0.326. The molecule has 0 radical (unpaired) electrons. The lowest BCUT2D eigenvalue weighted by molar-refractivity contribution is -0.0499. The fourth-order valence-corrected chi connectivity index (χ4v) is 2.12. The van der Waals surface area contributed by atoms with Gasteiger partial charge in [-0.05, 0) is 23.9 Å². The molecule has 0 aliphatic rings. The van der Waals surface area contributed by atoms with Gasteiger partial charge >= 0.3 is 15.6 Å². The average molecular weight is 290 g/mol. The van der Waals surface area contributed by atoms with Crippen molar-refractivity contribution in [3.05, 3.63) is 42.0 Å². The van der Waals surface area contributed by atoms with Crippen molar-refractivity contribution >= 4 is 20.9 Å². The van der Waals surface area contributed by atoms with Gasteiger partial charge in [0.15, 0.2) is 5.75 Å². The minimum Gasteiger partial charge on any atom is -0.375 e. The van der Waals surface area contributed by atoms with Crippen LogP contribution < -0.4 is 4.18 Å². The molecule has 2 aromatic rings. The number of alkyl halides is 3. The fourth-order valence-electron chi connectivity index (χ4n) is 1.65. The molecule has 0 aliphatic carbocycles. The topological polar surface area (TPSA) is 43.4 Å². The van der Waals surface area contributed by atoms with Crippen LogP contribution in [0.1, 0.15) is 5.56 Å². The van der Waals surface area contributed by atoms with Crippen molar-refractivity contribution in [2.24, 2.45) is 0 Å². The van der Waals surface area contributed by atoms with E-state index in [1.54, 1.807) is 31.2 Å². The summed E-state index contributed by atoms with van der Waals surface area (Å²) in [6, 6.07) is 9.42. The molecule has 0 bridgehead atoms. The number of aryl methyl sites for hydroxylation is 1. The van der Waals surface area contributed by atoms with Gasteiger partial charge in [-0.15, -0.1) is 0 Å². The molecule has 0 N–H and O–H groups in total. The van der Waals surface area contributed by atoms with Crippen molar-refractivity contribution < 1.29 is 25.8 Å². The Kier molecular flexibility index (Phi) is 3.17. The van der Waals surface area contributed by atoms with Gasteiger partial charge in [0.05, 0.1) is 0 Å². The van der Waals surface area contributed by atoms with Crippen molar-refractivity contribution in [3.8, 4) is 5.75 Å². The first-order valence-corrected chi connectivity index (χ1v) is 6.62. The second kappa shape index (κ2) is 4.41. The molecule has 2 rings (SSSR count). The Hall–Kier alpha value is -1.76. The van der Waals surface area contributed by atoms with Crippen LogP contribution in [0.2, 0.25) is 0 Å². The molecule has 0 spiro atoms. The quantitative estimate of drug-likeness (QED) is 0.629. The fraction of sp³-hybridized carbons (Fsp3) is 0.167. The van der Waals surface area contributed by atoms with E-state index < -0.39 is 15.6 Å². The largest absolute Gasteiger partial charge is 0.534 e. The highest BCUT2D eigenvalue weighted by atomic mass is 32.2. The van der Waals surface area contributed by atoms with E-state index >= 15 is 0 Å². The monoisotopic (exact) mass is 290 g/mol. The third-order valence-corrected chi connectivity index (χ3v) is 3.42. The van der Waals surface area contributed by atoms with Crippen LogP contribution in [0.4, 0.5) is 13.2 Å². The molecule has 0 aromatic heterocycles. The number of rotatable bonds is 2. The maximum absolute atomic E-state index is 12.3. The normalized spacial score (nSPS) is 12.6. The molecular weight excluding hydrogens is 281 g/mol. The predicted octanol–water partition coefficient (Wildman–Crippen LogP) is 3.38. The second-order valence-electron chi connectivity index (χ2n) is 3.97. The van der Waals surface area contributed by atoms with Crippen molar-refractivity contribution in [1.82, 2.24) is 0 Å². The van der Waals surface area contributed by atoms with Crippen molar-refractivity contribution in [2.45, 2.75) is 12.4 Å². The zero-order valence-electron chi connectivity index (χ0n) is 9.73. The lowest BCUT2D eigenvalue weighted by Gasteiger charge is -2.12. The first-order chi connectivity index (χ1) is 8.71. The van der Waals surface area contributed by atoms with Crippen LogP contribution in [-0.4, -0.2) is 13.9 Å². The highest BCUT2D eigenvalue weighted by Crippen LogP contribution is 2.32. The third kappa shape index (κ3) is 2.65. The Morgan fingerprint density at radius 3 is 2.37 bits per heavy atom. The van der Waals surface area contributed by atoms with Gasteiger partial charge in [-0.3, -0.25) is 0 Å². The summed E-state index contributed by atoms with van der Waals surface area (Å²) in [5.41, 5.74) is -4.84. The van der Waals surface area contributed by atoms with E-state index in [-0.39, 0.29) is 5.75 Å². The second-order valence-corrected chi connectivity index (χ2v) is 5.51. The van der Waals surface area contributed by atoms with Gasteiger partial charge < -0.3 is 4.18 Å². The average Bonchev–Trinajstić information content (AvgIpc) is 2.26. The molecule has 0 fully saturated rings. The van der Waals surface area contributed by atoms with E-state index in [1.807, 2.05) is 0 Å². The van der Waals surface area contributed by atoms with E-state index in [2.05, 4.69) is 4.18 Å². The van der Waals surface area contributed by atoms with E-state index in [1.165, 1.54) is 12.1 Å². The zero-order chi connectivity index (χ0) is 14.3. The number of halogens is 3. The van der Waals surface area contributed by atoms with Crippen LogP contribution in [0.3, 0.4) is 0 Å². The van der Waals surface area contributed by atoms with Crippen LogP contribution in [-0.2, 0) is 10.1 Å². The van der Waals surface area contributed by atoms with E-state index in [9.17, 15) is 21.6 Å². The molecule has 0 heterocycles. The zero-order valence-corrected chi connectivity index (χ0v) is 10.5. The van der Waals surface area contributed by atoms with Crippen molar-refractivity contribution in [3.63, 3.8) is 0 Å². The molecule has 0 saturated carbocycles. The molecule has 0 atom stereocenters. The van der Waals surface area contributed by atoms with Gasteiger partial charge in [0, 0.05) is 5.39 Å². The number of hydrogen-bond acceptors (Lipinski definition) is 3. The van der Waals surface area contributed by atoms with Gasteiger partial charge in [0.25, 0.3) is 0 Å². The first kappa shape index (κ1) is 13.7. The first-order valence-electron chi connectivity index (χ1n) is 5.21. The van der Waals surface area contributed by atoms with Gasteiger partial charge in [-0.2, -0.15) is 21.6 Å². The van der Waals surface area contributed by atoms with E-state index in [0.29, 0.717) is 16.3 Å². The lowest BCUT2D eigenvalue weighted by Crippen LogP contribution is -2.28. The smallest absolute Gasteiger partial charge is 0.375 e. The molecule has 19 heavy (non-hydrogen) atoms. The van der Waals surface area contributed by atoms with E-state index in [0.717, 1.165) is 0 Å². The Morgan fingerprint density at radius 1 is 1.11 bits per heavy atom. The number of benzene rings is 2. The Morgan fingerprint density at radius 2 is 1.74 bits per heavy atom. The molecular formula is C12H9F3O3S. The van der Waals surface area contributed by atoms with Gasteiger partial charge in [-0.25, -0.2) is 0 Å². The minimum absolute atomic E-state index is 0.306. The standard InChI is InChI=1S/C12H9F3O3S/c1-8-6-9-4-2-3-5-10(9)11(7-8)18-19(16,17)12(13,14)15/h2-7H,1H3. The Labute approximate surface area is 107 Å². The molecule has 2 aromatic carbocycles. The van der Waals surface area contributed by atoms with Gasteiger partial charge in [-0.1, -0.05) is 30.3 Å².